The maximum absolute atomic E-state index is 5.98. The van der Waals surface area contributed by atoms with Crippen molar-refractivity contribution >= 4 is 43.5 Å². The molecule has 0 aliphatic heterocycles. The highest BCUT2D eigenvalue weighted by atomic mass is 79.9. The van der Waals surface area contributed by atoms with Crippen LogP contribution in [0.1, 0.15) is 0 Å². The van der Waals surface area contributed by atoms with E-state index in [4.69, 9.17) is 10.2 Å². The first-order chi connectivity index (χ1) is 10.2. The van der Waals surface area contributed by atoms with Gasteiger partial charge in [0.2, 0.25) is 5.89 Å². The van der Waals surface area contributed by atoms with Crippen molar-refractivity contribution in [1.82, 2.24) is 4.98 Å². The number of aromatic nitrogens is 1. The number of oxazole rings is 1. The summed E-state index contributed by atoms with van der Waals surface area (Å²) in [7, 11) is 0. The van der Waals surface area contributed by atoms with Crippen molar-refractivity contribution in [3.05, 3.63) is 59.1 Å². The molecule has 0 amide bonds. The summed E-state index contributed by atoms with van der Waals surface area (Å²) in [4.78, 5) is 4.53. The van der Waals surface area contributed by atoms with E-state index in [0.717, 1.165) is 20.9 Å². The summed E-state index contributed by atoms with van der Waals surface area (Å²) in [6.07, 6.45) is 0. The molecule has 1 heterocycles. The van der Waals surface area contributed by atoms with Gasteiger partial charge in [0.05, 0.1) is 5.69 Å². The predicted octanol–water partition coefficient (Wildman–Crippen LogP) is 4.99. The molecule has 4 aromatic rings. The van der Waals surface area contributed by atoms with Crippen LogP contribution in [0.25, 0.3) is 33.3 Å². The second-order valence-corrected chi connectivity index (χ2v) is 5.84. The van der Waals surface area contributed by atoms with Crippen LogP contribution in [0.4, 0.5) is 5.69 Å². The van der Waals surface area contributed by atoms with E-state index >= 15 is 0 Å². The van der Waals surface area contributed by atoms with Crippen molar-refractivity contribution in [1.29, 1.82) is 0 Å². The van der Waals surface area contributed by atoms with Gasteiger partial charge in [-0.1, -0.05) is 46.3 Å². The van der Waals surface area contributed by atoms with Crippen LogP contribution in [0.5, 0.6) is 0 Å². The molecule has 2 N–H and O–H groups in total. The Labute approximate surface area is 129 Å². The van der Waals surface area contributed by atoms with Crippen LogP contribution in [0.2, 0.25) is 0 Å². The van der Waals surface area contributed by atoms with Crippen molar-refractivity contribution in [2.75, 3.05) is 5.73 Å². The van der Waals surface area contributed by atoms with Crippen LogP contribution in [-0.4, -0.2) is 4.98 Å². The summed E-state index contributed by atoms with van der Waals surface area (Å²) in [5.74, 6) is 0.584. The molecule has 3 nitrogen and oxygen atoms in total. The summed E-state index contributed by atoms with van der Waals surface area (Å²) in [5.41, 5.74) is 8.88. The van der Waals surface area contributed by atoms with Gasteiger partial charge in [0, 0.05) is 10.0 Å². The van der Waals surface area contributed by atoms with Gasteiger partial charge in [-0.25, -0.2) is 4.98 Å². The molecule has 0 atom stereocenters. The average Bonchev–Trinajstić information content (AvgIpc) is 2.91. The SMILES string of the molecule is Nc1cc(Br)cc2nc(-c3ccc4ccccc4c3)oc12. The van der Waals surface area contributed by atoms with Crippen LogP contribution in [0.15, 0.2) is 63.5 Å². The monoisotopic (exact) mass is 338 g/mol. The molecule has 0 saturated carbocycles. The molecule has 0 spiro atoms. The molecule has 0 aliphatic rings. The third-order valence-electron chi connectivity index (χ3n) is 3.48. The lowest BCUT2D eigenvalue weighted by Gasteiger charge is -1.99. The largest absolute Gasteiger partial charge is 0.434 e. The number of halogens is 1. The highest BCUT2D eigenvalue weighted by Crippen LogP contribution is 2.31. The summed E-state index contributed by atoms with van der Waals surface area (Å²) < 4.78 is 6.73. The Bertz CT molecular complexity index is 975. The highest BCUT2D eigenvalue weighted by Gasteiger charge is 2.11. The molecular weight excluding hydrogens is 328 g/mol. The molecule has 4 rings (SSSR count). The summed E-state index contributed by atoms with van der Waals surface area (Å²) in [6, 6.07) is 18.1. The van der Waals surface area contributed by atoms with Crippen LogP contribution >= 0.6 is 15.9 Å². The molecule has 4 heteroatoms. The lowest BCUT2D eigenvalue weighted by Crippen LogP contribution is -1.84. The lowest BCUT2D eigenvalue weighted by molar-refractivity contribution is 0.621. The van der Waals surface area contributed by atoms with E-state index in [0.29, 0.717) is 17.2 Å². The molecular formula is C17H11BrN2O. The smallest absolute Gasteiger partial charge is 0.227 e. The van der Waals surface area contributed by atoms with Crippen molar-refractivity contribution in [3.63, 3.8) is 0 Å². The van der Waals surface area contributed by atoms with E-state index in [1.165, 1.54) is 5.39 Å². The first-order valence-corrected chi connectivity index (χ1v) is 7.35. The second-order valence-electron chi connectivity index (χ2n) is 4.92. The van der Waals surface area contributed by atoms with E-state index in [1.807, 2.05) is 30.3 Å². The minimum atomic E-state index is 0.582. The maximum Gasteiger partial charge on any atom is 0.227 e. The van der Waals surface area contributed by atoms with Crippen LogP contribution < -0.4 is 5.73 Å². The summed E-state index contributed by atoms with van der Waals surface area (Å²) >= 11 is 3.42. The van der Waals surface area contributed by atoms with Crippen LogP contribution in [-0.2, 0) is 0 Å². The number of anilines is 1. The zero-order valence-electron chi connectivity index (χ0n) is 11.0. The fraction of sp³-hybridized carbons (Fsp3) is 0. The second kappa shape index (κ2) is 4.60. The number of nitrogen functional groups attached to an aromatic ring is 1. The quantitative estimate of drug-likeness (QED) is 0.497. The fourth-order valence-electron chi connectivity index (χ4n) is 2.47. The van der Waals surface area contributed by atoms with Gasteiger partial charge in [0.1, 0.15) is 5.52 Å². The Balaban J connectivity index is 1.93. The molecule has 0 saturated heterocycles. The molecule has 0 bridgehead atoms. The van der Waals surface area contributed by atoms with Gasteiger partial charge in [0.25, 0.3) is 0 Å². The molecule has 102 valence electrons. The molecule has 21 heavy (non-hydrogen) atoms. The van der Waals surface area contributed by atoms with Crippen molar-refractivity contribution in [2.24, 2.45) is 0 Å². The van der Waals surface area contributed by atoms with Gasteiger partial charge in [-0.2, -0.15) is 0 Å². The average molecular weight is 339 g/mol. The van der Waals surface area contributed by atoms with Gasteiger partial charge in [0.15, 0.2) is 5.58 Å². The van der Waals surface area contributed by atoms with Crippen LogP contribution in [0, 0.1) is 0 Å². The van der Waals surface area contributed by atoms with E-state index < -0.39 is 0 Å². The highest BCUT2D eigenvalue weighted by molar-refractivity contribution is 9.10. The van der Waals surface area contributed by atoms with Gasteiger partial charge in [-0.15, -0.1) is 0 Å². The number of benzene rings is 3. The molecule has 3 aromatic carbocycles. The van der Waals surface area contributed by atoms with Gasteiger partial charge in [-0.3, -0.25) is 0 Å². The fourth-order valence-corrected chi connectivity index (χ4v) is 2.93. The number of nitrogens with two attached hydrogens (primary N) is 1. The molecule has 0 aliphatic carbocycles. The van der Waals surface area contributed by atoms with Crippen molar-refractivity contribution in [3.8, 4) is 11.5 Å². The van der Waals surface area contributed by atoms with E-state index in [1.54, 1.807) is 0 Å². The maximum atomic E-state index is 5.98. The Morgan fingerprint density at radius 3 is 2.62 bits per heavy atom. The van der Waals surface area contributed by atoms with Crippen molar-refractivity contribution < 1.29 is 4.42 Å². The molecule has 1 aromatic heterocycles. The summed E-state index contributed by atoms with van der Waals surface area (Å²) in [6.45, 7) is 0. The van der Waals surface area contributed by atoms with E-state index in [9.17, 15) is 0 Å². The Morgan fingerprint density at radius 2 is 1.76 bits per heavy atom. The van der Waals surface area contributed by atoms with Gasteiger partial charge < -0.3 is 10.2 Å². The Hall–Kier alpha value is -2.33. The minimum absolute atomic E-state index is 0.582. The molecule has 0 unspecified atom stereocenters. The van der Waals surface area contributed by atoms with Gasteiger partial charge in [-0.05, 0) is 35.0 Å². The minimum Gasteiger partial charge on any atom is -0.434 e. The van der Waals surface area contributed by atoms with Gasteiger partial charge >= 0.3 is 0 Å². The Kier molecular flexibility index (Phi) is 2.72. The topological polar surface area (TPSA) is 52.0 Å². The zero-order valence-corrected chi connectivity index (χ0v) is 12.6. The van der Waals surface area contributed by atoms with Crippen LogP contribution in [0.3, 0.4) is 0 Å². The lowest BCUT2D eigenvalue weighted by atomic mass is 10.1. The normalized spacial score (nSPS) is 11.3. The van der Waals surface area contributed by atoms with E-state index in [2.05, 4.69) is 45.2 Å². The standard InChI is InChI=1S/C17H11BrN2O/c18-13-8-14(19)16-15(9-13)20-17(21-16)12-6-5-10-3-1-2-4-11(10)7-12/h1-9H,19H2. The predicted molar refractivity (Wildman–Crippen MR) is 89.1 cm³/mol. The zero-order chi connectivity index (χ0) is 14.4. The number of hydrogen-bond donors (Lipinski definition) is 1. The molecule has 0 radical (unpaired) electrons. The first kappa shape index (κ1) is 12.4. The van der Waals surface area contributed by atoms with Crippen molar-refractivity contribution in [2.45, 2.75) is 0 Å². The van der Waals surface area contributed by atoms with E-state index in [-0.39, 0.29) is 0 Å². The number of hydrogen-bond acceptors (Lipinski definition) is 3. The third-order valence-corrected chi connectivity index (χ3v) is 3.94. The number of fused-ring (bicyclic) bond motifs is 2. The number of nitrogens with zero attached hydrogens (tertiary/aromatic N) is 1. The third kappa shape index (κ3) is 2.08. The first-order valence-electron chi connectivity index (χ1n) is 6.55. The molecule has 0 fully saturated rings. The number of rotatable bonds is 1. The summed E-state index contributed by atoms with van der Waals surface area (Å²) in [5, 5.41) is 2.35. The Morgan fingerprint density at radius 1 is 0.952 bits per heavy atom.